The molecular weight excluding hydrogens is 384 g/mol. The summed E-state index contributed by atoms with van der Waals surface area (Å²) in [5.41, 5.74) is 1.79. The second-order valence-electron chi connectivity index (χ2n) is 3.76. The van der Waals surface area contributed by atoms with E-state index in [2.05, 4.69) is 37.2 Å². The molecule has 0 saturated heterocycles. The highest BCUT2D eigenvalue weighted by Crippen LogP contribution is 2.26. The summed E-state index contributed by atoms with van der Waals surface area (Å²) in [6.45, 7) is 0.546. The van der Waals surface area contributed by atoms with E-state index in [1.54, 1.807) is 6.07 Å². The van der Waals surface area contributed by atoms with E-state index in [1.165, 1.54) is 12.1 Å². The molecule has 1 N–H and O–H groups in total. The first kappa shape index (κ1) is 13.8. The lowest BCUT2D eigenvalue weighted by atomic mass is 10.2. The first-order valence-corrected chi connectivity index (χ1v) is 7.15. The van der Waals surface area contributed by atoms with Gasteiger partial charge in [-0.3, -0.25) is 0 Å². The SMILES string of the molecule is Fc1cc(Br)cc(CNc2ccc(Cl)c(Br)c2)c1. The summed E-state index contributed by atoms with van der Waals surface area (Å²) in [4.78, 5) is 0. The molecule has 0 atom stereocenters. The molecule has 18 heavy (non-hydrogen) atoms. The number of benzene rings is 2. The van der Waals surface area contributed by atoms with Gasteiger partial charge >= 0.3 is 0 Å². The molecule has 2 rings (SSSR count). The Morgan fingerprint density at radius 3 is 2.56 bits per heavy atom. The maximum Gasteiger partial charge on any atom is 0.124 e. The Hall–Kier alpha value is -0.580. The fraction of sp³-hybridized carbons (Fsp3) is 0.0769. The van der Waals surface area contributed by atoms with E-state index in [4.69, 9.17) is 11.6 Å². The molecular formula is C13H9Br2ClFN. The molecule has 0 bridgehead atoms. The van der Waals surface area contributed by atoms with Crippen LogP contribution in [0, 0.1) is 5.82 Å². The largest absolute Gasteiger partial charge is 0.381 e. The normalized spacial score (nSPS) is 10.4. The number of hydrogen-bond donors (Lipinski definition) is 1. The summed E-state index contributed by atoms with van der Waals surface area (Å²) in [5, 5.41) is 3.87. The minimum atomic E-state index is -0.251. The summed E-state index contributed by atoms with van der Waals surface area (Å²) in [6.07, 6.45) is 0. The van der Waals surface area contributed by atoms with E-state index in [0.29, 0.717) is 11.6 Å². The zero-order valence-corrected chi connectivity index (χ0v) is 13.1. The number of hydrogen-bond acceptors (Lipinski definition) is 1. The number of rotatable bonds is 3. The Morgan fingerprint density at radius 2 is 1.89 bits per heavy atom. The predicted molar refractivity (Wildman–Crippen MR) is 80.6 cm³/mol. The lowest BCUT2D eigenvalue weighted by Crippen LogP contribution is -1.99. The molecule has 2 aromatic rings. The average Bonchev–Trinajstić information content (AvgIpc) is 2.29. The smallest absolute Gasteiger partial charge is 0.124 e. The third kappa shape index (κ3) is 3.70. The van der Waals surface area contributed by atoms with E-state index < -0.39 is 0 Å². The molecule has 0 aliphatic rings. The Labute approximate surface area is 127 Å². The van der Waals surface area contributed by atoms with Crippen molar-refractivity contribution in [3.05, 3.63) is 61.7 Å². The first-order chi connectivity index (χ1) is 8.54. The van der Waals surface area contributed by atoms with Gasteiger partial charge in [0.05, 0.1) is 5.02 Å². The maximum atomic E-state index is 13.2. The van der Waals surface area contributed by atoms with Crippen LogP contribution in [0.15, 0.2) is 45.3 Å². The van der Waals surface area contributed by atoms with Crippen LogP contribution in [-0.4, -0.2) is 0 Å². The van der Waals surface area contributed by atoms with Crippen molar-refractivity contribution in [3.63, 3.8) is 0 Å². The summed E-state index contributed by atoms with van der Waals surface area (Å²) >= 11 is 12.5. The van der Waals surface area contributed by atoms with Crippen LogP contribution >= 0.6 is 43.5 Å². The van der Waals surface area contributed by atoms with Crippen LogP contribution in [0.5, 0.6) is 0 Å². The molecule has 0 unspecified atom stereocenters. The molecule has 1 nitrogen and oxygen atoms in total. The zero-order chi connectivity index (χ0) is 13.1. The van der Waals surface area contributed by atoms with Gasteiger partial charge in [0, 0.05) is 21.2 Å². The molecule has 5 heteroatoms. The molecule has 0 saturated carbocycles. The molecule has 94 valence electrons. The number of halogens is 4. The van der Waals surface area contributed by atoms with Gasteiger partial charge in [-0.1, -0.05) is 27.5 Å². The maximum absolute atomic E-state index is 13.2. The van der Waals surface area contributed by atoms with Crippen molar-refractivity contribution < 1.29 is 4.39 Å². The van der Waals surface area contributed by atoms with E-state index in [1.807, 2.05) is 18.2 Å². The number of anilines is 1. The second kappa shape index (κ2) is 6.04. The van der Waals surface area contributed by atoms with Crippen molar-refractivity contribution in [1.29, 1.82) is 0 Å². The van der Waals surface area contributed by atoms with Gasteiger partial charge in [0.25, 0.3) is 0 Å². The van der Waals surface area contributed by atoms with Gasteiger partial charge in [0.2, 0.25) is 0 Å². The summed E-state index contributed by atoms with van der Waals surface area (Å²) in [5.74, 6) is -0.251. The fourth-order valence-corrected chi connectivity index (χ4v) is 2.53. The predicted octanol–water partition coefficient (Wildman–Crippen LogP) is 5.62. The minimum Gasteiger partial charge on any atom is -0.381 e. The number of nitrogens with one attached hydrogen (secondary N) is 1. The molecule has 0 spiro atoms. The van der Waals surface area contributed by atoms with Crippen LogP contribution in [0.25, 0.3) is 0 Å². The van der Waals surface area contributed by atoms with E-state index in [0.717, 1.165) is 20.2 Å². The molecule has 0 aromatic heterocycles. The Kier molecular flexibility index (Phi) is 4.65. The highest BCUT2D eigenvalue weighted by atomic mass is 79.9. The zero-order valence-electron chi connectivity index (χ0n) is 9.18. The van der Waals surface area contributed by atoms with Crippen LogP contribution in [-0.2, 0) is 6.54 Å². The van der Waals surface area contributed by atoms with Crippen LogP contribution in [0.2, 0.25) is 5.02 Å². The Morgan fingerprint density at radius 1 is 1.11 bits per heavy atom. The average molecular weight is 393 g/mol. The van der Waals surface area contributed by atoms with Crippen LogP contribution in [0.3, 0.4) is 0 Å². The fourth-order valence-electron chi connectivity index (χ4n) is 1.52. The third-order valence-electron chi connectivity index (χ3n) is 2.34. The highest BCUT2D eigenvalue weighted by Gasteiger charge is 2.01. The van der Waals surface area contributed by atoms with Crippen LogP contribution < -0.4 is 5.32 Å². The second-order valence-corrected chi connectivity index (χ2v) is 5.94. The molecule has 0 fully saturated rings. The van der Waals surface area contributed by atoms with Gasteiger partial charge in [-0.05, 0) is 57.9 Å². The monoisotopic (exact) mass is 391 g/mol. The summed E-state index contributed by atoms with van der Waals surface area (Å²) in [6, 6.07) is 10.4. The lowest BCUT2D eigenvalue weighted by Gasteiger charge is -2.08. The third-order valence-corrected chi connectivity index (χ3v) is 4.01. The van der Waals surface area contributed by atoms with Crippen LogP contribution in [0.1, 0.15) is 5.56 Å². The molecule has 0 heterocycles. The van der Waals surface area contributed by atoms with Crippen molar-refractivity contribution >= 4 is 49.1 Å². The van der Waals surface area contributed by atoms with Crippen molar-refractivity contribution in [2.45, 2.75) is 6.54 Å². The first-order valence-electron chi connectivity index (χ1n) is 5.18. The Bertz CT molecular complexity index is 555. The molecule has 0 radical (unpaired) electrons. The minimum absolute atomic E-state index is 0.251. The quantitative estimate of drug-likeness (QED) is 0.714. The van der Waals surface area contributed by atoms with Gasteiger partial charge in [-0.25, -0.2) is 4.39 Å². The van der Waals surface area contributed by atoms with E-state index in [9.17, 15) is 4.39 Å². The highest BCUT2D eigenvalue weighted by molar-refractivity contribution is 9.10. The van der Waals surface area contributed by atoms with Crippen LogP contribution in [0.4, 0.5) is 10.1 Å². The molecule has 0 aliphatic heterocycles. The van der Waals surface area contributed by atoms with E-state index >= 15 is 0 Å². The van der Waals surface area contributed by atoms with Crippen molar-refractivity contribution in [2.75, 3.05) is 5.32 Å². The van der Waals surface area contributed by atoms with Crippen molar-refractivity contribution in [1.82, 2.24) is 0 Å². The van der Waals surface area contributed by atoms with Gasteiger partial charge in [-0.2, -0.15) is 0 Å². The van der Waals surface area contributed by atoms with Crippen molar-refractivity contribution in [2.24, 2.45) is 0 Å². The summed E-state index contributed by atoms with van der Waals surface area (Å²) in [7, 11) is 0. The van der Waals surface area contributed by atoms with Gasteiger partial charge < -0.3 is 5.32 Å². The van der Waals surface area contributed by atoms with Crippen molar-refractivity contribution in [3.8, 4) is 0 Å². The molecule has 0 aliphatic carbocycles. The molecule has 0 amide bonds. The molecule has 2 aromatic carbocycles. The topological polar surface area (TPSA) is 12.0 Å². The lowest BCUT2D eigenvalue weighted by molar-refractivity contribution is 0.625. The van der Waals surface area contributed by atoms with Gasteiger partial charge in [-0.15, -0.1) is 0 Å². The van der Waals surface area contributed by atoms with E-state index in [-0.39, 0.29) is 5.82 Å². The van der Waals surface area contributed by atoms with Gasteiger partial charge in [0.1, 0.15) is 5.82 Å². The van der Waals surface area contributed by atoms with Gasteiger partial charge in [0.15, 0.2) is 0 Å². The Balaban J connectivity index is 2.08. The summed E-state index contributed by atoms with van der Waals surface area (Å²) < 4.78 is 14.7. The standard InChI is InChI=1S/C13H9Br2ClFN/c14-9-3-8(4-10(17)5-9)7-18-11-1-2-13(16)12(15)6-11/h1-6,18H,7H2.